The summed E-state index contributed by atoms with van der Waals surface area (Å²) in [5.41, 5.74) is 17.2. The van der Waals surface area contributed by atoms with E-state index >= 15 is 0 Å². The summed E-state index contributed by atoms with van der Waals surface area (Å²) in [5.74, 6) is 5.46. The summed E-state index contributed by atoms with van der Waals surface area (Å²) in [6.07, 6.45) is 0. The zero-order valence-corrected chi connectivity index (χ0v) is 36.3. The number of aryl methyl sites for hydroxylation is 2. The molecule has 7 aromatic rings. The summed E-state index contributed by atoms with van der Waals surface area (Å²) in [4.78, 5) is 0. The van der Waals surface area contributed by atoms with E-state index in [9.17, 15) is 0 Å². The van der Waals surface area contributed by atoms with Crippen LogP contribution in [0.5, 0.6) is 23.0 Å². The molecule has 58 heavy (non-hydrogen) atoms. The van der Waals surface area contributed by atoms with E-state index in [1.165, 1.54) is 66.9 Å². The predicted molar refractivity (Wildman–Crippen MR) is 243 cm³/mol. The molecular weight excluding hydrogens is 707 g/mol. The van der Waals surface area contributed by atoms with Crippen molar-refractivity contribution in [3.8, 4) is 51.2 Å². The van der Waals surface area contributed by atoms with E-state index in [1.54, 1.807) is 0 Å². The van der Waals surface area contributed by atoms with Crippen molar-refractivity contribution in [2.75, 3.05) is 0 Å². The van der Waals surface area contributed by atoms with Crippen LogP contribution in [-0.4, -0.2) is 11.3 Å². The second-order valence-corrected chi connectivity index (χ2v) is 19.4. The van der Waals surface area contributed by atoms with E-state index in [2.05, 4.69) is 202 Å². The third-order valence-corrected chi connectivity index (χ3v) is 12.6. The Hall–Kier alpha value is -5.55. The SMILES string of the molecule is Cc1cc(-c2cc3c4c(c2)Oc2ccc(C(C)(C)C)cc2B4c2cc(C(C)(C)C)ccc2O3)ccc1-c1n(-c2c(C(C)C)cccc2C(C)C)c2ccccc2[n+]1C. The van der Waals surface area contributed by atoms with Crippen molar-refractivity contribution >= 4 is 34.1 Å². The Kier molecular flexibility index (Phi) is 8.85. The van der Waals surface area contributed by atoms with Gasteiger partial charge in [-0.1, -0.05) is 136 Å². The number of para-hydroxylation sites is 3. The first kappa shape index (κ1) is 38.0. The lowest BCUT2D eigenvalue weighted by Gasteiger charge is -2.35. The quantitative estimate of drug-likeness (QED) is 0.129. The fraction of sp³-hybridized carbons (Fsp3) is 0.302. The van der Waals surface area contributed by atoms with Crippen molar-refractivity contribution in [2.45, 2.75) is 98.8 Å². The van der Waals surface area contributed by atoms with Gasteiger partial charge in [-0.05, 0) is 111 Å². The molecule has 0 radical (unpaired) electrons. The molecule has 0 N–H and O–H groups in total. The second-order valence-electron chi connectivity index (χ2n) is 19.4. The summed E-state index contributed by atoms with van der Waals surface area (Å²) < 4.78 is 18.7. The highest BCUT2D eigenvalue weighted by Crippen LogP contribution is 2.42. The number of ether oxygens (including phenoxy) is 2. The molecule has 9 rings (SSSR count). The molecule has 3 heterocycles. The summed E-state index contributed by atoms with van der Waals surface area (Å²) >= 11 is 0. The average Bonchev–Trinajstić information content (AvgIpc) is 3.47. The first-order chi connectivity index (χ1) is 27.5. The standard InChI is InChI=1S/C53H56BN2O2/c1-31(2)38-16-15-17-39(32(3)4)50(38)56-44-19-14-13-18-43(44)55(12)51(56)40-23-20-34(26-33(40)5)35-27-47-49-48(28-35)58-46-25-22-37(53(9,10)11)30-42(46)54(49)41-29-36(52(6,7)8)21-24-45(41)57-47/h13-32H,1-12H3/q+1. The molecule has 0 atom stereocenters. The van der Waals surface area contributed by atoms with Crippen LogP contribution in [0.15, 0.2) is 109 Å². The third kappa shape index (κ3) is 6.08. The molecule has 0 aliphatic carbocycles. The number of hydrogen-bond donors (Lipinski definition) is 0. The lowest BCUT2D eigenvalue weighted by Crippen LogP contribution is -2.57. The minimum atomic E-state index is 0.00614. The van der Waals surface area contributed by atoms with Crippen molar-refractivity contribution in [2.24, 2.45) is 7.05 Å². The molecular formula is C53H56BN2O2+. The van der Waals surface area contributed by atoms with Gasteiger partial charge in [0.25, 0.3) is 12.5 Å². The fourth-order valence-corrected chi connectivity index (χ4v) is 9.31. The molecule has 0 unspecified atom stereocenters. The van der Waals surface area contributed by atoms with Crippen LogP contribution in [0.3, 0.4) is 0 Å². The van der Waals surface area contributed by atoms with E-state index < -0.39 is 0 Å². The molecule has 0 amide bonds. The molecule has 0 bridgehead atoms. The Morgan fingerprint density at radius 2 is 1.14 bits per heavy atom. The second kappa shape index (κ2) is 13.5. The maximum atomic E-state index is 6.88. The Morgan fingerprint density at radius 1 is 0.586 bits per heavy atom. The highest BCUT2D eigenvalue weighted by Gasteiger charge is 2.42. The van der Waals surface area contributed by atoms with Crippen LogP contribution in [0.2, 0.25) is 0 Å². The zero-order chi connectivity index (χ0) is 41.0. The van der Waals surface area contributed by atoms with Crippen molar-refractivity contribution in [1.82, 2.24) is 4.57 Å². The van der Waals surface area contributed by atoms with Crippen molar-refractivity contribution in [1.29, 1.82) is 0 Å². The van der Waals surface area contributed by atoms with Crippen LogP contribution in [0.1, 0.15) is 109 Å². The van der Waals surface area contributed by atoms with E-state index in [4.69, 9.17) is 9.47 Å². The largest absolute Gasteiger partial charge is 0.458 e. The molecule has 0 saturated heterocycles. The number of fused-ring (bicyclic) bond motifs is 5. The number of nitrogens with zero attached hydrogens (tertiary/aromatic N) is 2. The lowest BCUT2D eigenvalue weighted by atomic mass is 9.34. The van der Waals surface area contributed by atoms with E-state index in [0.717, 1.165) is 39.6 Å². The Bertz CT molecular complexity index is 2680. The van der Waals surface area contributed by atoms with Crippen molar-refractivity contribution < 1.29 is 14.0 Å². The van der Waals surface area contributed by atoms with Gasteiger partial charge in [-0.15, -0.1) is 0 Å². The molecule has 4 nitrogen and oxygen atoms in total. The third-order valence-electron chi connectivity index (χ3n) is 12.6. The monoisotopic (exact) mass is 763 g/mol. The van der Waals surface area contributed by atoms with Gasteiger partial charge >= 0.3 is 0 Å². The highest BCUT2D eigenvalue weighted by molar-refractivity contribution is 6.98. The van der Waals surface area contributed by atoms with E-state index in [1.807, 2.05) is 0 Å². The predicted octanol–water partition coefficient (Wildman–Crippen LogP) is 11.7. The Labute approximate surface area is 345 Å². The van der Waals surface area contributed by atoms with E-state index in [-0.39, 0.29) is 17.5 Å². The van der Waals surface area contributed by atoms with Gasteiger partial charge in [-0.2, -0.15) is 4.57 Å². The van der Waals surface area contributed by atoms with Crippen LogP contribution in [0.4, 0.5) is 0 Å². The van der Waals surface area contributed by atoms with Gasteiger partial charge in [0, 0.05) is 16.6 Å². The minimum Gasteiger partial charge on any atom is -0.458 e. The first-order valence-corrected chi connectivity index (χ1v) is 21.1. The van der Waals surface area contributed by atoms with Crippen molar-refractivity contribution in [3.63, 3.8) is 0 Å². The molecule has 0 spiro atoms. The van der Waals surface area contributed by atoms with Gasteiger partial charge in [-0.3, -0.25) is 0 Å². The van der Waals surface area contributed by atoms with Crippen LogP contribution >= 0.6 is 0 Å². The maximum Gasteiger partial charge on any atom is 0.295 e. The molecule has 2 aliphatic rings. The normalized spacial score (nSPS) is 13.4. The number of rotatable bonds is 5. The van der Waals surface area contributed by atoms with Crippen LogP contribution < -0.4 is 30.4 Å². The number of benzene rings is 6. The Balaban J connectivity index is 1.21. The minimum absolute atomic E-state index is 0.00614. The molecule has 0 saturated carbocycles. The summed E-state index contributed by atoms with van der Waals surface area (Å²) in [7, 11) is 2.21. The highest BCUT2D eigenvalue weighted by atomic mass is 16.5. The summed E-state index contributed by atoms with van der Waals surface area (Å²) in [6, 6.07) is 40.6. The number of aromatic nitrogens is 2. The van der Waals surface area contributed by atoms with Crippen LogP contribution in [-0.2, 0) is 17.9 Å². The summed E-state index contributed by atoms with van der Waals surface area (Å²) in [6.45, 7) is 25.1. The van der Waals surface area contributed by atoms with Gasteiger partial charge in [0.15, 0.2) is 11.0 Å². The average molecular weight is 764 g/mol. The molecule has 5 heteroatoms. The van der Waals surface area contributed by atoms with E-state index in [0.29, 0.717) is 11.8 Å². The smallest absolute Gasteiger partial charge is 0.295 e. The molecule has 0 fully saturated rings. The van der Waals surface area contributed by atoms with Crippen LogP contribution in [0, 0.1) is 6.92 Å². The zero-order valence-electron chi connectivity index (χ0n) is 36.3. The fourth-order valence-electron chi connectivity index (χ4n) is 9.31. The topological polar surface area (TPSA) is 27.3 Å². The van der Waals surface area contributed by atoms with Gasteiger partial charge in [0.1, 0.15) is 28.7 Å². The van der Waals surface area contributed by atoms with Gasteiger partial charge in [-0.25, -0.2) is 4.57 Å². The van der Waals surface area contributed by atoms with Crippen LogP contribution in [0.25, 0.3) is 39.2 Å². The maximum absolute atomic E-state index is 6.88. The lowest BCUT2D eigenvalue weighted by molar-refractivity contribution is -0.633. The Morgan fingerprint density at radius 3 is 1.66 bits per heavy atom. The molecule has 6 aromatic carbocycles. The van der Waals surface area contributed by atoms with Crippen molar-refractivity contribution in [3.05, 3.63) is 137 Å². The molecule has 292 valence electrons. The molecule has 1 aromatic heterocycles. The van der Waals surface area contributed by atoms with Gasteiger partial charge in [0.05, 0.1) is 12.6 Å². The van der Waals surface area contributed by atoms with Gasteiger partial charge < -0.3 is 9.47 Å². The first-order valence-electron chi connectivity index (χ1n) is 21.1. The number of imidazole rings is 1. The number of hydrogen-bond acceptors (Lipinski definition) is 2. The molecule has 2 aliphatic heterocycles. The van der Waals surface area contributed by atoms with Gasteiger partial charge in [0.2, 0.25) is 0 Å². The summed E-state index contributed by atoms with van der Waals surface area (Å²) in [5, 5.41) is 0.